The van der Waals surface area contributed by atoms with Crippen molar-refractivity contribution in [1.82, 2.24) is 0 Å². The molecule has 0 unspecified atom stereocenters. The number of furan rings is 1. The van der Waals surface area contributed by atoms with Gasteiger partial charge in [-0.05, 0) is 23.9 Å². The van der Waals surface area contributed by atoms with Gasteiger partial charge in [0.2, 0.25) is 0 Å². The number of amidine groups is 1. The van der Waals surface area contributed by atoms with Gasteiger partial charge in [-0.25, -0.2) is 0 Å². The molecule has 1 amide bonds. The lowest BCUT2D eigenvalue weighted by Crippen LogP contribution is -2.01. The Morgan fingerprint density at radius 1 is 1.32 bits per heavy atom. The number of nitro groups is 1. The molecule has 2 heterocycles. The highest BCUT2D eigenvalue weighted by molar-refractivity contribution is 8.18. The minimum Gasteiger partial charge on any atom is -0.457 e. The molecule has 2 aromatic rings. The number of nitrogens with two attached hydrogens (primary N) is 1. The van der Waals surface area contributed by atoms with Crippen LogP contribution in [-0.2, 0) is 4.79 Å². The summed E-state index contributed by atoms with van der Waals surface area (Å²) >= 11 is 1.07. The zero-order valence-electron chi connectivity index (χ0n) is 11.1. The highest BCUT2D eigenvalue weighted by Gasteiger charge is 2.20. The molecule has 0 saturated carbocycles. The number of carbonyl (C=O) groups excluding carboxylic acids is 1. The van der Waals surface area contributed by atoms with Gasteiger partial charge in [-0.3, -0.25) is 14.9 Å². The van der Waals surface area contributed by atoms with Crippen LogP contribution in [0.4, 0.5) is 5.69 Å². The van der Waals surface area contributed by atoms with Gasteiger partial charge in [-0.2, -0.15) is 4.99 Å². The average Bonchev–Trinajstić information content (AvgIpc) is 3.06. The summed E-state index contributed by atoms with van der Waals surface area (Å²) < 4.78 is 5.59. The highest BCUT2D eigenvalue weighted by atomic mass is 32.2. The van der Waals surface area contributed by atoms with Gasteiger partial charge in [0.25, 0.3) is 11.6 Å². The number of amides is 1. The lowest BCUT2D eigenvalue weighted by molar-refractivity contribution is -0.384. The Morgan fingerprint density at radius 2 is 2.14 bits per heavy atom. The summed E-state index contributed by atoms with van der Waals surface area (Å²) in [5.41, 5.74) is 6.03. The van der Waals surface area contributed by atoms with Gasteiger partial charge in [-0.1, -0.05) is 12.1 Å². The van der Waals surface area contributed by atoms with Crippen LogP contribution >= 0.6 is 11.8 Å². The van der Waals surface area contributed by atoms with E-state index in [1.165, 1.54) is 18.2 Å². The molecule has 0 aliphatic carbocycles. The van der Waals surface area contributed by atoms with Crippen LogP contribution in [-0.4, -0.2) is 16.0 Å². The lowest BCUT2D eigenvalue weighted by atomic mass is 10.1. The molecule has 0 fully saturated rings. The fourth-order valence-corrected chi connectivity index (χ4v) is 2.57. The molecule has 1 aromatic heterocycles. The third-order valence-corrected chi connectivity index (χ3v) is 3.69. The van der Waals surface area contributed by atoms with Gasteiger partial charge < -0.3 is 10.2 Å². The van der Waals surface area contributed by atoms with Crippen LogP contribution in [0.1, 0.15) is 5.76 Å². The first kappa shape index (κ1) is 14.1. The molecule has 3 rings (SSSR count). The maximum Gasteiger partial charge on any atom is 0.286 e. The molecule has 0 atom stereocenters. The van der Waals surface area contributed by atoms with Crippen LogP contribution in [0.2, 0.25) is 0 Å². The first-order valence-electron chi connectivity index (χ1n) is 6.15. The summed E-state index contributed by atoms with van der Waals surface area (Å²) in [6, 6.07) is 9.47. The van der Waals surface area contributed by atoms with Crippen LogP contribution in [0.3, 0.4) is 0 Å². The Morgan fingerprint density at radius 3 is 2.82 bits per heavy atom. The molecule has 1 aliphatic rings. The third-order valence-electron chi connectivity index (χ3n) is 2.88. The molecular weight excluding hydrogens is 306 g/mol. The highest BCUT2D eigenvalue weighted by Crippen LogP contribution is 2.30. The summed E-state index contributed by atoms with van der Waals surface area (Å²) in [7, 11) is 0. The van der Waals surface area contributed by atoms with E-state index in [1.54, 1.807) is 24.3 Å². The second-order valence-electron chi connectivity index (χ2n) is 4.38. The predicted molar refractivity (Wildman–Crippen MR) is 83.0 cm³/mol. The van der Waals surface area contributed by atoms with Gasteiger partial charge in [0.1, 0.15) is 11.5 Å². The molecule has 0 spiro atoms. The number of rotatable bonds is 3. The van der Waals surface area contributed by atoms with E-state index in [0.717, 1.165) is 11.8 Å². The van der Waals surface area contributed by atoms with Crippen molar-refractivity contribution in [1.29, 1.82) is 0 Å². The number of aliphatic imine (C=N–C) groups is 1. The first-order chi connectivity index (χ1) is 10.5. The topological polar surface area (TPSA) is 112 Å². The summed E-state index contributed by atoms with van der Waals surface area (Å²) in [6.45, 7) is 0. The van der Waals surface area contributed by atoms with Crippen molar-refractivity contribution in [3.05, 3.63) is 57.2 Å². The van der Waals surface area contributed by atoms with Gasteiger partial charge in [0.15, 0.2) is 5.17 Å². The second-order valence-corrected chi connectivity index (χ2v) is 5.44. The summed E-state index contributed by atoms with van der Waals surface area (Å²) in [4.78, 5) is 25.8. The predicted octanol–water partition coefficient (Wildman–Crippen LogP) is 2.78. The van der Waals surface area contributed by atoms with Gasteiger partial charge in [0, 0.05) is 23.8 Å². The van der Waals surface area contributed by atoms with E-state index < -0.39 is 10.8 Å². The molecule has 110 valence electrons. The van der Waals surface area contributed by atoms with Crippen molar-refractivity contribution < 1.29 is 14.1 Å². The number of non-ortho nitro benzene ring substituents is 1. The molecule has 0 radical (unpaired) electrons. The number of nitro benzene ring substituents is 1. The van der Waals surface area contributed by atoms with Crippen LogP contribution in [0.25, 0.3) is 17.4 Å². The number of thioether (sulfide) groups is 1. The molecule has 7 nitrogen and oxygen atoms in total. The number of benzene rings is 1. The number of hydrogen-bond donors (Lipinski definition) is 1. The molecule has 1 aromatic carbocycles. The first-order valence-corrected chi connectivity index (χ1v) is 6.97. The third kappa shape index (κ3) is 2.77. The van der Waals surface area contributed by atoms with E-state index in [-0.39, 0.29) is 10.9 Å². The van der Waals surface area contributed by atoms with Crippen molar-refractivity contribution in [2.45, 2.75) is 0 Å². The van der Waals surface area contributed by atoms with Gasteiger partial charge in [-0.15, -0.1) is 0 Å². The molecular formula is C14H9N3O4S. The molecule has 8 heteroatoms. The van der Waals surface area contributed by atoms with Crippen molar-refractivity contribution in [2.75, 3.05) is 0 Å². The minimum atomic E-state index is -0.469. The number of carbonyl (C=O) groups is 1. The Bertz CT molecular complexity index is 838. The van der Waals surface area contributed by atoms with Crippen LogP contribution in [0.5, 0.6) is 0 Å². The van der Waals surface area contributed by atoms with Gasteiger partial charge in [0.05, 0.1) is 9.83 Å². The van der Waals surface area contributed by atoms with E-state index in [9.17, 15) is 14.9 Å². The van der Waals surface area contributed by atoms with Crippen molar-refractivity contribution in [3.8, 4) is 11.3 Å². The average molecular weight is 315 g/mol. The quantitative estimate of drug-likeness (QED) is 0.529. The number of nitrogens with zero attached hydrogens (tertiary/aromatic N) is 2. The van der Waals surface area contributed by atoms with Crippen molar-refractivity contribution in [3.63, 3.8) is 0 Å². The van der Waals surface area contributed by atoms with Crippen LogP contribution in [0, 0.1) is 10.1 Å². The van der Waals surface area contributed by atoms with E-state index in [2.05, 4.69) is 4.99 Å². The van der Waals surface area contributed by atoms with Crippen LogP contribution < -0.4 is 5.73 Å². The zero-order chi connectivity index (χ0) is 15.7. The zero-order valence-corrected chi connectivity index (χ0v) is 11.9. The summed E-state index contributed by atoms with van der Waals surface area (Å²) in [6.07, 6.45) is 1.54. The SMILES string of the molecule is NC1=NC(=O)/C(=C/c2ccc(-c3cccc([N+](=O)[O-])c3)o2)S1. The fourth-order valence-electron chi connectivity index (χ4n) is 1.91. The smallest absolute Gasteiger partial charge is 0.286 e. The monoisotopic (exact) mass is 315 g/mol. The summed E-state index contributed by atoms with van der Waals surface area (Å²) in [5, 5.41) is 11.0. The van der Waals surface area contributed by atoms with Crippen molar-refractivity contribution in [2.24, 2.45) is 10.7 Å². The minimum absolute atomic E-state index is 0.0171. The van der Waals surface area contributed by atoms with E-state index in [4.69, 9.17) is 10.2 Å². The molecule has 0 bridgehead atoms. The normalized spacial score (nSPS) is 16.1. The Labute approximate surface area is 128 Å². The van der Waals surface area contributed by atoms with E-state index >= 15 is 0 Å². The van der Waals surface area contributed by atoms with E-state index in [0.29, 0.717) is 22.0 Å². The fraction of sp³-hybridized carbons (Fsp3) is 0. The molecule has 0 saturated heterocycles. The Balaban J connectivity index is 1.89. The maximum absolute atomic E-state index is 11.5. The molecule has 2 N–H and O–H groups in total. The molecule has 22 heavy (non-hydrogen) atoms. The maximum atomic E-state index is 11.5. The molecule has 1 aliphatic heterocycles. The van der Waals surface area contributed by atoms with Gasteiger partial charge >= 0.3 is 0 Å². The Hall–Kier alpha value is -2.87. The largest absolute Gasteiger partial charge is 0.457 e. The summed E-state index contributed by atoms with van der Waals surface area (Å²) in [5.74, 6) is 0.512. The van der Waals surface area contributed by atoms with Crippen LogP contribution in [0.15, 0.2) is 50.7 Å². The Kier molecular flexibility index (Phi) is 3.51. The van der Waals surface area contributed by atoms with Crippen molar-refractivity contribution >= 4 is 34.6 Å². The van der Waals surface area contributed by atoms with E-state index in [1.807, 2.05) is 0 Å². The lowest BCUT2D eigenvalue weighted by Gasteiger charge is -1.97. The number of hydrogen-bond acceptors (Lipinski definition) is 6. The second kappa shape index (κ2) is 5.49. The standard InChI is InChI=1S/C14H9N3O4S/c15-14-16-13(18)12(22-14)7-10-4-5-11(21-10)8-2-1-3-9(6-8)17(19)20/h1-7H,(H2,15,16,18)/b12-7-.